The van der Waals surface area contributed by atoms with Crippen LogP contribution in [0.4, 0.5) is 0 Å². The Hall–Kier alpha value is -1.20. The van der Waals surface area contributed by atoms with E-state index in [1.54, 1.807) is 12.1 Å². The lowest BCUT2D eigenvalue weighted by atomic mass is 10.2. The average Bonchev–Trinajstić information content (AvgIpc) is 2.36. The summed E-state index contributed by atoms with van der Waals surface area (Å²) in [6.07, 6.45) is 4.66. The molecule has 1 aromatic rings. The van der Waals surface area contributed by atoms with Crippen molar-refractivity contribution >= 4 is 0 Å². The maximum Gasteiger partial charge on any atom is 0.133 e. The van der Waals surface area contributed by atoms with E-state index in [1.807, 2.05) is 6.92 Å². The predicted molar refractivity (Wildman–Crippen MR) is 41.9 cm³/mol. The largest absolute Gasteiger partial charge is 0.464 e. The molecule has 1 heterocycles. The standard InChI is InChI=1S/C9H10O2/c1-3-4-8(10)9-6-5-7(2)11-9/h1,5-6,8,10H,4H2,2H3. The van der Waals surface area contributed by atoms with Crippen molar-refractivity contribution in [3.63, 3.8) is 0 Å². The first kappa shape index (κ1) is 7.90. The molecule has 2 nitrogen and oxygen atoms in total. The highest BCUT2D eigenvalue weighted by Crippen LogP contribution is 2.17. The van der Waals surface area contributed by atoms with Crippen molar-refractivity contribution in [3.05, 3.63) is 23.7 Å². The van der Waals surface area contributed by atoms with Crippen molar-refractivity contribution in [3.8, 4) is 12.3 Å². The summed E-state index contributed by atoms with van der Waals surface area (Å²) in [6.45, 7) is 1.83. The molecular formula is C9H10O2. The predicted octanol–water partition coefficient (Wildman–Crippen LogP) is 1.64. The van der Waals surface area contributed by atoms with Crippen molar-refractivity contribution < 1.29 is 9.52 Å². The van der Waals surface area contributed by atoms with Gasteiger partial charge < -0.3 is 9.52 Å². The summed E-state index contributed by atoms with van der Waals surface area (Å²) in [5.74, 6) is 3.70. The third kappa shape index (κ3) is 1.86. The lowest BCUT2D eigenvalue weighted by Crippen LogP contribution is -1.92. The molecule has 1 aromatic heterocycles. The van der Waals surface area contributed by atoms with Crippen LogP contribution in [0.5, 0.6) is 0 Å². The molecule has 58 valence electrons. The molecule has 0 spiro atoms. The quantitative estimate of drug-likeness (QED) is 0.650. The Kier molecular flexibility index (Phi) is 2.35. The smallest absolute Gasteiger partial charge is 0.133 e. The van der Waals surface area contributed by atoms with Gasteiger partial charge in [0, 0.05) is 6.42 Å². The Labute approximate surface area is 65.8 Å². The third-order valence-electron chi connectivity index (χ3n) is 1.40. The number of aliphatic hydroxyl groups excluding tert-OH is 1. The van der Waals surface area contributed by atoms with Crippen LogP contribution < -0.4 is 0 Å². The molecule has 1 atom stereocenters. The lowest BCUT2D eigenvalue weighted by molar-refractivity contribution is 0.154. The second-order valence-electron chi connectivity index (χ2n) is 2.37. The summed E-state index contributed by atoms with van der Waals surface area (Å²) < 4.78 is 5.15. The number of aliphatic hydroxyl groups is 1. The van der Waals surface area contributed by atoms with Gasteiger partial charge in [-0.1, -0.05) is 0 Å². The van der Waals surface area contributed by atoms with Gasteiger partial charge in [0.05, 0.1) is 0 Å². The molecule has 0 aliphatic carbocycles. The third-order valence-corrected chi connectivity index (χ3v) is 1.40. The molecule has 0 saturated carbocycles. The number of hydrogen-bond donors (Lipinski definition) is 1. The summed E-state index contributed by atoms with van der Waals surface area (Å²) in [5, 5.41) is 9.30. The Morgan fingerprint density at radius 1 is 1.73 bits per heavy atom. The fraction of sp³-hybridized carbons (Fsp3) is 0.333. The van der Waals surface area contributed by atoms with Gasteiger partial charge in [-0.05, 0) is 19.1 Å². The van der Waals surface area contributed by atoms with Crippen LogP contribution in [0.15, 0.2) is 16.5 Å². The Morgan fingerprint density at radius 2 is 2.45 bits per heavy atom. The average molecular weight is 150 g/mol. The van der Waals surface area contributed by atoms with Crippen molar-refractivity contribution in [2.45, 2.75) is 19.4 Å². The molecule has 1 unspecified atom stereocenters. The molecule has 0 fully saturated rings. The van der Waals surface area contributed by atoms with Gasteiger partial charge in [-0.25, -0.2) is 0 Å². The van der Waals surface area contributed by atoms with Crippen LogP contribution in [0.2, 0.25) is 0 Å². The van der Waals surface area contributed by atoms with E-state index in [1.165, 1.54) is 0 Å². The number of furan rings is 1. The molecule has 0 amide bonds. The number of terminal acetylenes is 1. The zero-order chi connectivity index (χ0) is 8.27. The molecule has 11 heavy (non-hydrogen) atoms. The van der Waals surface area contributed by atoms with E-state index in [0.29, 0.717) is 12.2 Å². The van der Waals surface area contributed by atoms with E-state index in [9.17, 15) is 5.11 Å². The van der Waals surface area contributed by atoms with E-state index in [4.69, 9.17) is 10.8 Å². The minimum Gasteiger partial charge on any atom is -0.464 e. The maximum atomic E-state index is 9.30. The molecular weight excluding hydrogens is 140 g/mol. The fourth-order valence-corrected chi connectivity index (χ4v) is 0.845. The minimum atomic E-state index is -0.659. The summed E-state index contributed by atoms with van der Waals surface area (Å²) in [7, 11) is 0. The molecule has 0 aliphatic rings. The topological polar surface area (TPSA) is 33.4 Å². The first-order valence-corrected chi connectivity index (χ1v) is 3.42. The monoisotopic (exact) mass is 150 g/mol. The van der Waals surface area contributed by atoms with Gasteiger partial charge in [-0.3, -0.25) is 0 Å². The van der Waals surface area contributed by atoms with Gasteiger partial charge in [0.1, 0.15) is 17.6 Å². The molecule has 0 saturated heterocycles. The van der Waals surface area contributed by atoms with Gasteiger partial charge >= 0.3 is 0 Å². The van der Waals surface area contributed by atoms with Crippen LogP contribution in [0, 0.1) is 19.3 Å². The minimum absolute atomic E-state index is 0.299. The molecule has 1 N–H and O–H groups in total. The van der Waals surface area contributed by atoms with Gasteiger partial charge in [0.25, 0.3) is 0 Å². The highest BCUT2D eigenvalue weighted by atomic mass is 16.4. The van der Waals surface area contributed by atoms with Crippen LogP contribution in [0.25, 0.3) is 0 Å². The van der Waals surface area contributed by atoms with Crippen molar-refractivity contribution in [2.75, 3.05) is 0 Å². The van der Waals surface area contributed by atoms with Crippen LogP contribution in [-0.2, 0) is 0 Å². The van der Waals surface area contributed by atoms with Crippen molar-refractivity contribution in [2.24, 2.45) is 0 Å². The number of hydrogen-bond acceptors (Lipinski definition) is 2. The van der Waals surface area contributed by atoms with Crippen molar-refractivity contribution in [1.82, 2.24) is 0 Å². The van der Waals surface area contributed by atoms with Crippen molar-refractivity contribution in [1.29, 1.82) is 0 Å². The van der Waals surface area contributed by atoms with Gasteiger partial charge in [-0.2, -0.15) is 0 Å². The Balaban J connectivity index is 2.70. The van der Waals surface area contributed by atoms with Gasteiger partial charge in [-0.15, -0.1) is 12.3 Å². The Morgan fingerprint density at radius 3 is 2.91 bits per heavy atom. The first-order chi connectivity index (χ1) is 5.24. The van der Waals surface area contributed by atoms with E-state index in [2.05, 4.69) is 5.92 Å². The summed E-state index contributed by atoms with van der Waals surface area (Å²) >= 11 is 0. The summed E-state index contributed by atoms with van der Waals surface area (Å²) in [4.78, 5) is 0. The Bertz CT molecular complexity index is 267. The number of aryl methyl sites for hydroxylation is 1. The lowest BCUT2D eigenvalue weighted by Gasteiger charge is -2.00. The van der Waals surface area contributed by atoms with E-state index in [-0.39, 0.29) is 0 Å². The van der Waals surface area contributed by atoms with Crippen LogP contribution in [-0.4, -0.2) is 5.11 Å². The molecule has 0 aliphatic heterocycles. The van der Waals surface area contributed by atoms with E-state index >= 15 is 0 Å². The maximum absolute atomic E-state index is 9.30. The summed E-state index contributed by atoms with van der Waals surface area (Å²) in [6, 6.07) is 3.53. The first-order valence-electron chi connectivity index (χ1n) is 3.42. The van der Waals surface area contributed by atoms with Crippen LogP contribution in [0.1, 0.15) is 24.0 Å². The molecule has 0 bridgehead atoms. The van der Waals surface area contributed by atoms with E-state index in [0.717, 1.165) is 5.76 Å². The molecule has 1 rings (SSSR count). The van der Waals surface area contributed by atoms with Crippen LogP contribution >= 0.6 is 0 Å². The zero-order valence-corrected chi connectivity index (χ0v) is 6.37. The highest BCUT2D eigenvalue weighted by Gasteiger charge is 2.08. The number of rotatable bonds is 2. The molecule has 2 heteroatoms. The van der Waals surface area contributed by atoms with Gasteiger partial charge in [0.15, 0.2) is 0 Å². The SMILES string of the molecule is C#CCC(O)c1ccc(C)o1. The van der Waals surface area contributed by atoms with Crippen LogP contribution in [0.3, 0.4) is 0 Å². The van der Waals surface area contributed by atoms with E-state index < -0.39 is 6.10 Å². The normalized spacial score (nSPS) is 12.5. The molecule has 0 radical (unpaired) electrons. The second kappa shape index (κ2) is 3.27. The second-order valence-corrected chi connectivity index (χ2v) is 2.37. The zero-order valence-electron chi connectivity index (χ0n) is 6.37. The summed E-state index contributed by atoms with van der Waals surface area (Å²) in [5.41, 5.74) is 0. The van der Waals surface area contributed by atoms with Gasteiger partial charge in [0.2, 0.25) is 0 Å². The fourth-order valence-electron chi connectivity index (χ4n) is 0.845. The highest BCUT2D eigenvalue weighted by molar-refractivity contribution is 5.09. The molecule has 0 aromatic carbocycles.